The number of carbonyl (C=O) groups is 1. The Morgan fingerprint density at radius 1 is 1.20 bits per heavy atom. The second kappa shape index (κ2) is 6.41. The largest absolute Gasteiger partial charge is 0.507 e. The van der Waals surface area contributed by atoms with E-state index in [4.69, 9.17) is 0 Å². The van der Waals surface area contributed by atoms with Crippen LogP contribution >= 0.6 is 31.9 Å². The van der Waals surface area contributed by atoms with Gasteiger partial charge in [0.25, 0.3) is 5.91 Å². The first-order valence-corrected chi connectivity index (χ1v) is 7.68. The lowest BCUT2D eigenvalue weighted by molar-refractivity contribution is 0.102. The normalized spacial score (nSPS) is 10.3. The molecule has 0 aromatic heterocycles. The number of aromatic hydroxyl groups is 1. The van der Waals surface area contributed by atoms with Crippen LogP contribution in [0.5, 0.6) is 5.75 Å². The fourth-order valence-corrected chi connectivity index (χ4v) is 2.48. The van der Waals surface area contributed by atoms with Crippen LogP contribution in [0.15, 0.2) is 45.3 Å². The van der Waals surface area contributed by atoms with E-state index < -0.39 is 0 Å². The molecule has 0 saturated carbocycles. The molecule has 0 fully saturated rings. The van der Waals surface area contributed by atoms with E-state index in [-0.39, 0.29) is 11.7 Å². The number of hydrogen-bond donors (Lipinski definition) is 2. The Hall–Kier alpha value is -1.33. The maximum atomic E-state index is 12.2. The Bertz CT molecular complexity index is 656. The van der Waals surface area contributed by atoms with Gasteiger partial charge in [-0.3, -0.25) is 4.79 Å². The first kappa shape index (κ1) is 15.1. The fraction of sp³-hybridized carbons (Fsp3) is 0.133. The zero-order chi connectivity index (χ0) is 14.7. The molecule has 0 atom stereocenters. The van der Waals surface area contributed by atoms with Crippen molar-refractivity contribution in [2.75, 3.05) is 5.32 Å². The standard InChI is InChI=1S/C15H13Br2NO2/c1-2-9-7-11(16)4-6-13(9)18-15(20)10-3-5-12(17)14(19)8-10/h3-8,19H,2H2,1H3,(H,18,20). The summed E-state index contributed by atoms with van der Waals surface area (Å²) >= 11 is 6.60. The minimum absolute atomic E-state index is 0.0455. The number of aryl methyl sites for hydroxylation is 1. The lowest BCUT2D eigenvalue weighted by Gasteiger charge is -2.11. The summed E-state index contributed by atoms with van der Waals surface area (Å²) in [4.78, 5) is 12.2. The molecule has 1 amide bonds. The average molecular weight is 399 g/mol. The second-order valence-electron chi connectivity index (χ2n) is 4.28. The lowest BCUT2D eigenvalue weighted by Crippen LogP contribution is -2.13. The molecule has 5 heteroatoms. The van der Waals surface area contributed by atoms with E-state index in [0.29, 0.717) is 10.0 Å². The molecule has 2 aromatic rings. The zero-order valence-electron chi connectivity index (χ0n) is 10.8. The van der Waals surface area contributed by atoms with Crippen molar-refractivity contribution in [1.29, 1.82) is 0 Å². The predicted octanol–water partition coefficient (Wildman–Crippen LogP) is 4.73. The van der Waals surface area contributed by atoms with Gasteiger partial charge in [0.2, 0.25) is 0 Å². The Kier molecular flexibility index (Phi) is 4.83. The molecule has 0 radical (unpaired) electrons. The molecule has 0 heterocycles. The number of phenolic OH excluding ortho intramolecular Hbond substituents is 1. The van der Waals surface area contributed by atoms with E-state index in [0.717, 1.165) is 22.1 Å². The number of amides is 1. The van der Waals surface area contributed by atoms with E-state index in [1.54, 1.807) is 12.1 Å². The zero-order valence-corrected chi connectivity index (χ0v) is 14.0. The molecule has 2 N–H and O–H groups in total. The highest BCUT2D eigenvalue weighted by Gasteiger charge is 2.10. The van der Waals surface area contributed by atoms with Gasteiger partial charge in [0, 0.05) is 15.7 Å². The highest BCUT2D eigenvalue weighted by atomic mass is 79.9. The van der Waals surface area contributed by atoms with Gasteiger partial charge in [-0.15, -0.1) is 0 Å². The molecule has 0 aliphatic carbocycles. The molecule has 0 spiro atoms. The molecule has 2 aromatic carbocycles. The summed E-state index contributed by atoms with van der Waals surface area (Å²) in [5, 5.41) is 12.5. The van der Waals surface area contributed by atoms with Crippen molar-refractivity contribution < 1.29 is 9.90 Å². The summed E-state index contributed by atoms with van der Waals surface area (Å²) in [5.41, 5.74) is 2.24. The molecule has 0 aliphatic heterocycles. The Balaban J connectivity index is 2.25. The van der Waals surface area contributed by atoms with E-state index in [2.05, 4.69) is 37.2 Å². The van der Waals surface area contributed by atoms with Crippen LogP contribution in [0.4, 0.5) is 5.69 Å². The van der Waals surface area contributed by atoms with Crippen LogP contribution in [0, 0.1) is 0 Å². The minimum atomic E-state index is -0.246. The van der Waals surface area contributed by atoms with Gasteiger partial charge < -0.3 is 10.4 Å². The van der Waals surface area contributed by atoms with Crippen molar-refractivity contribution in [3.05, 3.63) is 56.5 Å². The van der Waals surface area contributed by atoms with Crippen molar-refractivity contribution in [3.63, 3.8) is 0 Å². The van der Waals surface area contributed by atoms with Crippen molar-refractivity contribution in [1.82, 2.24) is 0 Å². The van der Waals surface area contributed by atoms with Gasteiger partial charge in [0.15, 0.2) is 0 Å². The maximum Gasteiger partial charge on any atom is 0.255 e. The van der Waals surface area contributed by atoms with Crippen LogP contribution in [0.25, 0.3) is 0 Å². The van der Waals surface area contributed by atoms with Gasteiger partial charge in [-0.25, -0.2) is 0 Å². The summed E-state index contributed by atoms with van der Waals surface area (Å²) in [6, 6.07) is 10.5. The van der Waals surface area contributed by atoms with Crippen molar-refractivity contribution in [3.8, 4) is 5.75 Å². The molecule has 20 heavy (non-hydrogen) atoms. The smallest absolute Gasteiger partial charge is 0.255 e. The first-order valence-electron chi connectivity index (χ1n) is 6.09. The average Bonchev–Trinajstić information content (AvgIpc) is 2.43. The van der Waals surface area contributed by atoms with Gasteiger partial charge >= 0.3 is 0 Å². The van der Waals surface area contributed by atoms with E-state index in [1.807, 2.05) is 25.1 Å². The summed E-state index contributed by atoms with van der Waals surface area (Å²) in [6.07, 6.45) is 0.820. The third-order valence-electron chi connectivity index (χ3n) is 2.90. The molecule has 104 valence electrons. The van der Waals surface area contributed by atoms with Gasteiger partial charge in [-0.1, -0.05) is 22.9 Å². The van der Waals surface area contributed by atoms with Crippen molar-refractivity contribution in [2.45, 2.75) is 13.3 Å². The number of hydrogen-bond acceptors (Lipinski definition) is 2. The molecule has 2 rings (SSSR count). The maximum absolute atomic E-state index is 12.2. The van der Waals surface area contributed by atoms with Crippen LogP contribution in [0.3, 0.4) is 0 Å². The molecular formula is C15H13Br2NO2. The molecular weight excluding hydrogens is 386 g/mol. The number of halogens is 2. The minimum Gasteiger partial charge on any atom is -0.507 e. The Morgan fingerprint density at radius 2 is 1.95 bits per heavy atom. The first-order chi connectivity index (χ1) is 9.51. The predicted molar refractivity (Wildman–Crippen MR) is 87.3 cm³/mol. The highest BCUT2D eigenvalue weighted by molar-refractivity contribution is 9.10. The van der Waals surface area contributed by atoms with Crippen LogP contribution < -0.4 is 5.32 Å². The lowest BCUT2D eigenvalue weighted by atomic mass is 10.1. The van der Waals surface area contributed by atoms with Crippen molar-refractivity contribution >= 4 is 43.5 Å². The van der Waals surface area contributed by atoms with Crippen LogP contribution in [-0.2, 0) is 6.42 Å². The second-order valence-corrected chi connectivity index (χ2v) is 6.05. The van der Waals surface area contributed by atoms with Gasteiger partial charge in [0.1, 0.15) is 5.75 Å². The SMILES string of the molecule is CCc1cc(Br)ccc1NC(=O)c1ccc(Br)c(O)c1. The van der Waals surface area contributed by atoms with Crippen LogP contribution in [0.1, 0.15) is 22.8 Å². The number of nitrogens with one attached hydrogen (secondary N) is 1. The summed E-state index contributed by atoms with van der Waals surface area (Å²) < 4.78 is 1.54. The van der Waals surface area contributed by atoms with Gasteiger partial charge in [-0.05, 0) is 64.3 Å². The fourth-order valence-electron chi connectivity index (χ4n) is 1.83. The number of benzene rings is 2. The molecule has 0 unspecified atom stereocenters. The van der Waals surface area contributed by atoms with Crippen LogP contribution in [-0.4, -0.2) is 11.0 Å². The van der Waals surface area contributed by atoms with Crippen LogP contribution in [0.2, 0.25) is 0 Å². The molecule has 0 bridgehead atoms. The van der Waals surface area contributed by atoms with E-state index >= 15 is 0 Å². The van der Waals surface area contributed by atoms with Gasteiger partial charge in [0.05, 0.1) is 4.47 Å². The molecule has 0 aliphatic rings. The number of phenols is 1. The Morgan fingerprint density at radius 3 is 2.60 bits per heavy atom. The van der Waals surface area contributed by atoms with E-state index in [1.165, 1.54) is 6.07 Å². The molecule has 3 nitrogen and oxygen atoms in total. The quantitative estimate of drug-likeness (QED) is 0.784. The molecule has 0 saturated heterocycles. The topological polar surface area (TPSA) is 49.3 Å². The number of anilines is 1. The number of rotatable bonds is 3. The third kappa shape index (κ3) is 3.41. The highest BCUT2D eigenvalue weighted by Crippen LogP contribution is 2.26. The Labute approximate surface area is 134 Å². The summed E-state index contributed by atoms with van der Waals surface area (Å²) in [7, 11) is 0. The number of carbonyl (C=O) groups excluding carboxylic acids is 1. The summed E-state index contributed by atoms with van der Waals surface area (Å²) in [5.74, 6) is -0.200. The van der Waals surface area contributed by atoms with Gasteiger partial charge in [-0.2, -0.15) is 0 Å². The van der Waals surface area contributed by atoms with E-state index in [9.17, 15) is 9.90 Å². The third-order valence-corrected chi connectivity index (χ3v) is 4.07. The summed E-state index contributed by atoms with van der Waals surface area (Å²) in [6.45, 7) is 2.03. The monoisotopic (exact) mass is 397 g/mol. The van der Waals surface area contributed by atoms with Crippen molar-refractivity contribution in [2.24, 2.45) is 0 Å².